The van der Waals surface area contributed by atoms with Gasteiger partial charge in [0.1, 0.15) is 0 Å². The molecule has 9 aromatic carbocycles. The molecule has 51 heavy (non-hydrogen) atoms. The summed E-state index contributed by atoms with van der Waals surface area (Å²) in [6.07, 6.45) is 0. The molecule has 0 saturated heterocycles. The maximum absolute atomic E-state index is 2.52. The van der Waals surface area contributed by atoms with Gasteiger partial charge in [-0.2, -0.15) is 0 Å². The lowest BCUT2D eigenvalue weighted by Gasteiger charge is -2.19. The summed E-state index contributed by atoms with van der Waals surface area (Å²) in [5.74, 6) is 0. The Balaban J connectivity index is 1.33. The zero-order valence-electron chi connectivity index (χ0n) is 27.8. The third kappa shape index (κ3) is 4.28. The first-order valence-corrected chi connectivity index (χ1v) is 17.7. The van der Waals surface area contributed by atoms with E-state index >= 15 is 0 Å². The SMILES string of the molecule is c1ccc(-c2cc(-c3ccccc3)c(-c3cc4c5cc6ccccc6cc5n5c6cc7ccccc7cc6c(c3)c45)c(-c3ccccc3)c2)cc1. The largest absolute Gasteiger partial charge is 0.308 e. The average molecular weight is 646 g/mol. The molecule has 0 unspecified atom stereocenters. The highest BCUT2D eigenvalue weighted by Crippen LogP contribution is 2.48. The Morgan fingerprint density at radius 1 is 0.275 bits per heavy atom. The van der Waals surface area contributed by atoms with Gasteiger partial charge in [0.25, 0.3) is 0 Å². The molecule has 236 valence electrons. The molecule has 11 aromatic rings. The summed E-state index contributed by atoms with van der Waals surface area (Å²) in [6.45, 7) is 0. The van der Waals surface area contributed by atoms with Crippen LogP contribution in [0.2, 0.25) is 0 Å². The lowest BCUT2D eigenvalue weighted by molar-refractivity contribution is 1.38. The molecule has 2 heterocycles. The molecule has 11 rings (SSSR count). The standard InChI is InChI=1S/C50H31N/c1-4-14-32(15-5-1)39-26-41(33-16-6-2-7-17-33)49(42(27-39)34-18-8-3-9-19-34)40-28-45-43-24-35-20-10-12-22-37(35)30-47(43)51-48-31-38-23-13-11-21-36(38)25-44(48)46(29-40)50(45)51/h1-31H. The van der Waals surface area contributed by atoms with Crippen molar-refractivity contribution in [2.45, 2.75) is 0 Å². The zero-order valence-corrected chi connectivity index (χ0v) is 27.8. The Kier molecular flexibility index (Phi) is 6.02. The fraction of sp³-hybridized carbons (Fsp3) is 0. The van der Waals surface area contributed by atoms with Crippen LogP contribution in [0.25, 0.3) is 104 Å². The topological polar surface area (TPSA) is 4.41 Å². The van der Waals surface area contributed by atoms with Crippen LogP contribution >= 0.6 is 0 Å². The average Bonchev–Trinajstić information content (AvgIpc) is 3.70. The van der Waals surface area contributed by atoms with Gasteiger partial charge in [-0.05, 0) is 115 Å². The molecule has 2 aromatic heterocycles. The summed E-state index contributed by atoms with van der Waals surface area (Å²) in [6, 6.07) is 69.4. The molecule has 0 amide bonds. The number of hydrogen-bond donors (Lipinski definition) is 0. The van der Waals surface area contributed by atoms with Crippen LogP contribution in [0.3, 0.4) is 0 Å². The van der Waals surface area contributed by atoms with E-state index in [2.05, 4.69) is 192 Å². The lowest BCUT2D eigenvalue weighted by Crippen LogP contribution is -1.93. The van der Waals surface area contributed by atoms with E-state index in [1.54, 1.807) is 0 Å². The second-order valence-corrected chi connectivity index (χ2v) is 13.7. The van der Waals surface area contributed by atoms with Gasteiger partial charge in [0.2, 0.25) is 0 Å². The first-order valence-electron chi connectivity index (χ1n) is 17.7. The molecule has 0 aliphatic rings. The third-order valence-electron chi connectivity index (χ3n) is 10.8. The number of fused-ring (bicyclic) bond motifs is 8. The third-order valence-corrected chi connectivity index (χ3v) is 10.8. The van der Waals surface area contributed by atoms with Crippen molar-refractivity contribution in [3.8, 4) is 44.5 Å². The van der Waals surface area contributed by atoms with Crippen LogP contribution in [0.1, 0.15) is 0 Å². The summed E-state index contributed by atoms with van der Waals surface area (Å²) in [5.41, 5.74) is 13.6. The Morgan fingerprint density at radius 3 is 1.12 bits per heavy atom. The Hall–Kier alpha value is -6.70. The van der Waals surface area contributed by atoms with Crippen LogP contribution in [0.5, 0.6) is 0 Å². The van der Waals surface area contributed by atoms with Crippen LogP contribution in [0.15, 0.2) is 188 Å². The molecule has 0 spiro atoms. The van der Waals surface area contributed by atoms with Gasteiger partial charge in [-0.15, -0.1) is 0 Å². The van der Waals surface area contributed by atoms with Crippen molar-refractivity contribution in [2.24, 2.45) is 0 Å². The highest BCUT2D eigenvalue weighted by molar-refractivity contribution is 6.27. The minimum absolute atomic E-state index is 1.21. The molecule has 0 radical (unpaired) electrons. The van der Waals surface area contributed by atoms with Crippen molar-refractivity contribution in [3.63, 3.8) is 0 Å². The van der Waals surface area contributed by atoms with Crippen LogP contribution in [-0.2, 0) is 0 Å². The monoisotopic (exact) mass is 645 g/mol. The van der Waals surface area contributed by atoms with Gasteiger partial charge in [0.05, 0.1) is 16.6 Å². The van der Waals surface area contributed by atoms with Crippen molar-refractivity contribution in [3.05, 3.63) is 188 Å². The Labute approximate surface area is 295 Å². The van der Waals surface area contributed by atoms with E-state index < -0.39 is 0 Å². The number of aromatic nitrogens is 1. The predicted molar refractivity (Wildman–Crippen MR) is 218 cm³/mol. The molecule has 0 atom stereocenters. The fourth-order valence-electron chi connectivity index (χ4n) is 8.50. The minimum atomic E-state index is 1.21. The summed E-state index contributed by atoms with van der Waals surface area (Å²) < 4.78 is 2.52. The molecule has 0 saturated carbocycles. The zero-order chi connectivity index (χ0) is 33.5. The van der Waals surface area contributed by atoms with Gasteiger partial charge in [-0.25, -0.2) is 0 Å². The van der Waals surface area contributed by atoms with Crippen molar-refractivity contribution in [1.82, 2.24) is 4.40 Å². The van der Waals surface area contributed by atoms with Crippen LogP contribution in [0, 0.1) is 0 Å². The van der Waals surface area contributed by atoms with Gasteiger partial charge in [-0.1, -0.05) is 140 Å². The lowest BCUT2D eigenvalue weighted by atomic mass is 9.84. The molecule has 0 bridgehead atoms. The first-order chi connectivity index (χ1) is 25.3. The molecule has 1 heteroatoms. The molecule has 0 aliphatic carbocycles. The van der Waals surface area contributed by atoms with Crippen LogP contribution in [-0.4, -0.2) is 4.40 Å². The van der Waals surface area contributed by atoms with Gasteiger partial charge in [-0.3, -0.25) is 0 Å². The highest BCUT2D eigenvalue weighted by Gasteiger charge is 2.23. The van der Waals surface area contributed by atoms with E-state index in [9.17, 15) is 0 Å². The van der Waals surface area contributed by atoms with Gasteiger partial charge >= 0.3 is 0 Å². The highest BCUT2D eigenvalue weighted by atomic mass is 14.9. The minimum Gasteiger partial charge on any atom is -0.308 e. The molecule has 0 fully saturated rings. The van der Waals surface area contributed by atoms with Gasteiger partial charge in [0.15, 0.2) is 0 Å². The maximum atomic E-state index is 2.52. The van der Waals surface area contributed by atoms with E-state index in [4.69, 9.17) is 0 Å². The maximum Gasteiger partial charge on any atom is 0.0620 e. The van der Waals surface area contributed by atoms with E-state index in [-0.39, 0.29) is 0 Å². The Bertz CT molecular complexity index is 2920. The van der Waals surface area contributed by atoms with Crippen molar-refractivity contribution in [1.29, 1.82) is 0 Å². The quantitative estimate of drug-likeness (QED) is 0.179. The second-order valence-electron chi connectivity index (χ2n) is 13.7. The van der Waals surface area contributed by atoms with E-state index in [1.165, 1.54) is 104 Å². The predicted octanol–water partition coefficient (Wildman–Crippen LogP) is 13.8. The number of hydrogen-bond acceptors (Lipinski definition) is 0. The second kappa shape index (κ2) is 10.9. The van der Waals surface area contributed by atoms with Crippen LogP contribution < -0.4 is 0 Å². The van der Waals surface area contributed by atoms with E-state index in [0.29, 0.717) is 0 Å². The van der Waals surface area contributed by atoms with E-state index in [1.807, 2.05) is 0 Å². The van der Waals surface area contributed by atoms with Crippen molar-refractivity contribution >= 4 is 59.6 Å². The number of rotatable bonds is 4. The van der Waals surface area contributed by atoms with E-state index in [0.717, 1.165) is 0 Å². The molecule has 0 aliphatic heterocycles. The molecule has 0 N–H and O–H groups in total. The smallest absolute Gasteiger partial charge is 0.0620 e. The van der Waals surface area contributed by atoms with Crippen molar-refractivity contribution in [2.75, 3.05) is 0 Å². The Morgan fingerprint density at radius 2 is 0.667 bits per heavy atom. The summed E-state index contributed by atoms with van der Waals surface area (Å²) >= 11 is 0. The number of benzene rings is 9. The van der Waals surface area contributed by atoms with Crippen LogP contribution in [0.4, 0.5) is 0 Å². The normalized spacial score (nSPS) is 11.9. The summed E-state index contributed by atoms with van der Waals surface area (Å²) in [4.78, 5) is 0. The summed E-state index contributed by atoms with van der Waals surface area (Å²) in [7, 11) is 0. The molecular weight excluding hydrogens is 615 g/mol. The number of nitrogens with zero attached hydrogens (tertiary/aromatic N) is 1. The molecule has 1 nitrogen and oxygen atoms in total. The van der Waals surface area contributed by atoms with Crippen molar-refractivity contribution < 1.29 is 0 Å². The first kappa shape index (κ1) is 28.2. The van der Waals surface area contributed by atoms with Gasteiger partial charge in [0, 0.05) is 21.5 Å². The fourth-order valence-corrected chi connectivity index (χ4v) is 8.50. The summed E-state index contributed by atoms with van der Waals surface area (Å²) in [5, 5.41) is 10.2. The molecular formula is C50H31N. The van der Waals surface area contributed by atoms with Gasteiger partial charge < -0.3 is 4.40 Å².